The zero-order valence-electron chi connectivity index (χ0n) is 11.1. The Morgan fingerprint density at radius 3 is 2.35 bits per heavy atom. The molecule has 0 unspecified atom stereocenters. The lowest BCUT2D eigenvalue weighted by atomic mass is 10.1. The maximum Gasteiger partial charge on any atom is 0.340 e. The summed E-state index contributed by atoms with van der Waals surface area (Å²) in [4.78, 5) is 11.3. The number of hydrogen-bond donors (Lipinski definition) is 1. The Hall–Kier alpha value is -1.52. The molecule has 1 N–H and O–H groups in total. The van der Waals surface area contributed by atoms with E-state index in [0.29, 0.717) is 17.3 Å². The van der Waals surface area contributed by atoms with Crippen molar-refractivity contribution < 1.29 is 9.90 Å². The third kappa shape index (κ3) is 2.97. The number of aromatic carboxylic acids is 1. The Labute approximate surface area is 126 Å². The molecule has 1 heterocycles. The minimum absolute atomic E-state index is 0.00920. The van der Waals surface area contributed by atoms with E-state index in [4.69, 9.17) is 23.2 Å². The molecule has 1 aromatic carbocycles. The number of carboxylic acid groups (broad SMARTS) is 1. The van der Waals surface area contributed by atoms with Gasteiger partial charge in [-0.25, -0.2) is 9.48 Å². The van der Waals surface area contributed by atoms with Crippen LogP contribution in [0.25, 0.3) is 0 Å². The van der Waals surface area contributed by atoms with Crippen LogP contribution in [0.1, 0.15) is 41.4 Å². The van der Waals surface area contributed by atoms with Crippen molar-refractivity contribution in [2.24, 2.45) is 0 Å². The van der Waals surface area contributed by atoms with E-state index in [2.05, 4.69) is 5.10 Å². The summed E-state index contributed by atoms with van der Waals surface area (Å²) in [6.07, 6.45) is 0. The van der Waals surface area contributed by atoms with E-state index in [1.807, 2.05) is 26.0 Å². The van der Waals surface area contributed by atoms with Crippen LogP contribution in [-0.4, -0.2) is 20.9 Å². The van der Waals surface area contributed by atoms with Crippen LogP contribution >= 0.6 is 23.2 Å². The molecule has 0 atom stereocenters. The quantitative estimate of drug-likeness (QED) is 0.926. The fourth-order valence-corrected chi connectivity index (χ4v) is 2.33. The molecule has 0 aliphatic rings. The number of aromatic nitrogens is 2. The molecule has 2 aromatic rings. The number of benzene rings is 1. The maximum absolute atomic E-state index is 11.3. The SMILES string of the molecule is CC(C)c1nn(Cc2ccc(Cl)cc2)c(Cl)c1C(=O)O. The van der Waals surface area contributed by atoms with Gasteiger partial charge in [0.1, 0.15) is 10.7 Å². The summed E-state index contributed by atoms with van der Waals surface area (Å²) in [6.45, 7) is 4.18. The fraction of sp³-hybridized carbons (Fsp3) is 0.286. The zero-order valence-corrected chi connectivity index (χ0v) is 12.6. The summed E-state index contributed by atoms with van der Waals surface area (Å²) < 4.78 is 1.50. The highest BCUT2D eigenvalue weighted by molar-refractivity contribution is 6.32. The molecule has 0 saturated heterocycles. The van der Waals surface area contributed by atoms with Crippen LogP contribution in [0.2, 0.25) is 10.2 Å². The van der Waals surface area contributed by atoms with E-state index < -0.39 is 5.97 Å². The van der Waals surface area contributed by atoms with Crippen LogP contribution in [0.4, 0.5) is 0 Å². The topological polar surface area (TPSA) is 55.1 Å². The third-order valence-electron chi connectivity index (χ3n) is 2.92. The minimum atomic E-state index is -1.05. The summed E-state index contributed by atoms with van der Waals surface area (Å²) in [5.41, 5.74) is 1.53. The minimum Gasteiger partial charge on any atom is -0.478 e. The summed E-state index contributed by atoms with van der Waals surface area (Å²) in [5.74, 6) is -1.06. The molecule has 0 bridgehead atoms. The summed E-state index contributed by atoms with van der Waals surface area (Å²) >= 11 is 12.0. The van der Waals surface area contributed by atoms with Crippen molar-refractivity contribution in [1.29, 1.82) is 0 Å². The van der Waals surface area contributed by atoms with E-state index in [9.17, 15) is 9.90 Å². The lowest BCUT2D eigenvalue weighted by Crippen LogP contribution is -2.03. The van der Waals surface area contributed by atoms with E-state index in [0.717, 1.165) is 5.56 Å². The van der Waals surface area contributed by atoms with Crippen LogP contribution in [0, 0.1) is 0 Å². The molecule has 6 heteroatoms. The molecular formula is C14H14Cl2N2O2. The standard InChI is InChI=1S/C14H14Cl2N2O2/c1-8(2)12-11(14(19)20)13(16)18(17-12)7-9-3-5-10(15)6-4-9/h3-6,8H,7H2,1-2H3,(H,19,20). The first-order chi connectivity index (χ1) is 9.40. The van der Waals surface area contributed by atoms with Crippen molar-refractivity contribution in [2.75, 3.05) is 0 Å². The zero-order chi connectivity index (χ0) is 14.9. The summed E-state index contributed by atoms with van der Waals surface area (Å²) in [5, 5.41) is 14.4. The van der Waals surface area contributed by atoms with Crippen LogP contribution in [0.15, 0.2) is 24.3 Å². The van der Waals surface area contributed by atoms with Gasteiger partial charge < -0.3 is 5.11 Å². The van der Waals surface area contributed by atoms with Crippen LogP contribution in [-0.2, 0) is 6.54 Å². The maximum atomic E-state index is 11.3. The molecule has 1 aromatic heterocycles. The number of nitrogens with zero attached hydrogens (tertiary/aromatic N) is 2. The Morgan fingerprint density at radius 1 is 1.30 bits per heavy atom. The van der Waals surface area contributed by atoms with Crippen molar-refractivity contribution in [1.82, 2.24) is 9.78 Å². The van der Waals surface area contributed by atoms with Crippen molar-refractivity contribution in [3.63, 3.8) is 0 Å². The van der Waals surface area contributed by atoms with Gasteiger partial charge in [-0.15, -0.1) is 0 Å². The van der Waals surface area contributed by atoms with E-state index in [1.54, 1.807) is 12.1 Å². The first-order valence-corrected chi connectivity index (χ1v) is 6.89. The van der Waals surface area contributed by atoms with Gasteiger partial charge in [0, 0.05) is 5.02 Å². The normalized spacial score (nSPS) is 11.1. The van der Waals surface area contributed by atoms with Crippen molar-refractivity contribution in [2.45, 2.75) is 26.3 Å². The van der Waals surface area contributed by atoms with Crippen LogP contribution in [0.3, 0.4) is 0 Å². The largest absolute Gasteiger partial charge is 0.478 e. The van der Waals surface area contributed by atoms with E-state index >= 15 is 0 Å². The second kappa shape index (κ2) is 5.85. The second-order valence-corrected chi connectivity index (χ2v) is 5.59. The van der Waals surface area contributed by atoms with Gasteiger partial charge in [-0.05, 0) is 23.6 Å². The Bertz CT molecular complexity index is 633. The third-order valence-corrected chi connectivity index (χ3v) is 3.56. The molecule has 106 valence electrons. The van der Waals surface area contributed by atoms with E-state index in [1.165, 1.54) is 4.68 Å². The average Bonchev–Trinajstić information content (AvgIpc) is 2.70. The van der Waals surface area contributed by atoms with Gasteiger partial charge in [-0.1, -0.05) is 49.2 Å². The first-order valence-electron chi connectivity index (χ1n) is 6.14. The summed E-state index contributed by atoms with van der Waals surface area (Å²) in [7, 11) is 0. The van der Waals surface area contributed by atoms with Gasteiger partial charge in [0.15, 0.2) is 0 Å². The smallest absolute Gasteiger partial charge is 0.340 e. The van der Waals surface area contributed by atoms with Crippen molar-refractivity contribution >= 4 is 29.2 Å². The molecule has 0 aliphatic carbocycles. The highest BCUT2D eigenvalue weighted by Gasteiger charge is 2.23. The lowest BCUT2D eigenvalue weighted by molar-refractivity contribution is 0.0695. The average molecular weight is 313 g/mol. The summed E-state index contributed by atoms with van der Waals surface area (Å²) in [6, 6.07) is 7.26. The first kappa shape index (κ1) is 14.9. The highest BCUT2D eigenvalue weighted by atomic mass is 35.5. The van der Waals surface area contributed by atoms with Gasteiger partial charge in [-0.2, -0.15) is 5.10 Å². The van der Waals surface area contributed by atoms with Gasteiger partial charge >= 0.3 is 5.97 Å². The number of halogens is 2. The van der Waals surface area contributed by atoms with Gasteiger partial charge in [0.2, 0.25) is 0 Å². The molecule has 20 heavy (non-hydrogen) atoms. The molecule has 0 fully saturated rings. The predicted octanol–water partition coefficient (Wildman–Crippen LogP) is 4.06. The Morgan fingerprint density at radius 2 is 1.90 bits per heavy atom. The second-order valence-electron chi connectivity index (χ2n) is 4.80. The molecule has 2 rings (SSSR count). The van der Waals surface area contributed by atoms with Gasteiger partial charge in [0.25, 0.3) is 0 Å². The van der Waals surface area contributed by atoms with Crippen LogP contribution in [0.5, 0.6) is 0 Å². The van der Waals surface area contributed by atoms with Gasteiger partial charge in [-0.3, -0.25) is 0 Å². The molecule has 0 aliphatic heterocycles. The van der Waals surface area contributed by atoms with Gasteiger partial charge in [0.05, 0.1) is 12.2 Å². The van der Waals surface area contributed by atoms with Crippen molar-refractivity contribution in [3.8, 4) is 0 Å². The molecular weight excluding hydrogens is 299 g/mol. The number of carbonyl (C=O) groups is 1. The predicted molar refractivity (Wildman–Crippen MR) is 78.8 cm³/mol. The lowest BCUT2D eigenvalue weighted by Gasteiger charge is -2.04. The number of hydrogen-bond acceptors (Lipinski definition) is 2. The highest BCUT2D eigenvalue weighted by Crippen LogP contribution is 2.26. The van der Waals surface area contributed by atoms with E-state index in [-0.39, 0.29) is 16.6 Å². The van der Waals surface area contributed by atoms with Crippen LogP contribution < -0.4 is 0 Å². The molecule has 0 amide bonds. The Balaban J connectivity index is 2.40. The van der Waals surface area contributed by atoms with Crippen molar-refractivity contribution in [3.05, 3.63) is 51.3 Å². The number of rotatable bonds is 4. The monoisotopic (exact) mass is 312 g/mol. The number of carboxylic acids is 1. The molecule has 0 radical (unpaired) electrons. The molecule has 0 saturated carbocycles. The molecule has 4 nitrogen and oxygen atoms in total. The fourth-order valence-electron chi connectivity index (χ4n) is 1.93. The Kier molecular flexibility index (Phi) is 4.35. The molecule has 0 spiro atoms.